The standard InChI is InChI=1S/C56H87N7O14/c1-14-34(8)44-42(65)30-43(66)76-46(33(6)7)49(69)57-38(27-31(2)3)50(70)61-24-15-17-39(61)51(71)60(13)41(29-36-18-20-37(64)21-19-36)52(72)75-35(9)45(48(68)58-44)59-47(67)40(28-32(4)5)62-26-23-56(53(62)73)22-16-25-63(56)54(74)77-55(10,11)12/h18-21,31-35,38-42,44-46,64-65H,14-17,22-30H2,1-13H3,(H,57,69)(H,58,68)(H,59,67)/t34-,35-,38+,39+,40-,41+,42+,44?,45+,46+,56?/m0/s1. The van der Waals surface area contributed by atoms with E-state index in [-0.39, 0.29) is 69.3 Å². The monoisotopic (exact) mass is 1080 g/mol. The van der Waals surface area contributed by atoms with Gasteiger partial charge in [-0.05, 0) is 114 Å². The first-order valence-electron chi connectivity index (χ1n) is 27.7. The zero-order valence-corrected chi connectivity index (χ0v) is 47.6. The summed E-state index contributed by atoms with van der Waals surface area (Å²) in [5.74, 6) is -7.41. The number of nitrogens with one attached hydrogen (secondary N) is 3. The fraction of sp³-hybridized carbons (Fsp3) is 0.732. The highest BCUT2D eigenvalue weighted by Crippen LogP contribution is 2.41. The molecule has 7 amide bonds. The van der Waals surface area contributed by atoms with Gasteiger partial charge in [-0.25, -0.2) is 9.59 Å². The number of amides is 7. The summed E-state index contributed by atoms with van der Waals surface area (Å²) in [5.41, 5.74) is -1.58. The lowest BCUT2D eigenvalue weighted by Crippen LogP contribution is -2.62. The van der Waals surface area contributed by atoms with Crippen LogP contribution in [0.4, 0.5) is 4.79 Å². The SMILES string of the molecule is CC[C@H](C)C1NC(=O)[C@H](NC(=O)[C@H](CC(C)C)N2CCC3(CCCN3C(=O)OC(C)(C)C)C2=O)[C@H](C)OC(=O)[C@@H](Cc2ccc(O)cc2)N(C)C(=O)[C@H]2CCCN2C(=O)[C@@H](CC(C)C)NC(=O)[C@@H](C(C)C)OC(=O)C[C@H]1O. The van der Waals surface area contributed by atoms with Crippen LogP contribution in [0, 0.1) is 23.7 Å². The Balaban J connectivity index is 1.60. The van der Waals surface area contributed by atoms with E-state index in [9.17, 15) is 43.8 Å². The van der Waals surface area contributed by atoms with Gasteiger partial charge in [-0.15, -0.1) is 0 Å². The van der Waals surface area contributed by atoms with Crippen molar-refractivity contribution in [2.75, 3.05) is 26.7 Å². The molecule has 4 aliphatic rings. The van der Waals surface area contributed by atoms with Gasteiger partial charge in [0.05, 0.1) is 18.6 Å². The van der Waals surface area contributed by atoms with Gasteiger partial charge < -0.3 is 55.1 Å². The average Bonchev–Trinajstić information content (AvgIpc) is 4.10. The van der Waals surface area contributed by atoms with E-state index in [4.69, 9.17) is 14.2 Å². The van der Waals surface area contributed by atoms with E-state index >= 15 is 9.59 Å². The highest BCUT2D eigenvalue weighted by atomic mass is 16.6. The van der Waals surface area contributed by atoms with Crippen molar-refractivity contribution in [1.29, 1.82) is 0 Å². The molecule has 4 saturated heterocycles. The molecule has 430 valence electrons. The number of likely N-dealkylation sites (N-methyl/N-ethyl adjacent to an activating group) is 1. The number of likely N-dealkylation sites (tertiary alicyclic amines) is 2. The number of ether oxygens (including phenoxy) is 3. The summed E-state index contributed by atoms with van der Waals surface area (Å²) >= 11 is 0. The van der Waals surface area contributed by atoms with Crippen molar-refractivity contribution in [2.45, 2.75) is 213 Å². The number of phenolic OH excluding ortho intramolecular Hbond substituents is 1. The van der Waals surface area contributed by atoms with E-state index in [0.29, 0.717) is 31.2 Å². The lowest BCUT2D eigenvalue weighted by molar-refractivity contribution is -0.162. The van der Waals surface area contributed by atoms with E-state index in [1.807, 2.05) is 27.7 Å². The molecule has 21 heteroatoms. The van der Waals surface area contributed by atoms with Crippen LogP contribution >= 0.6 is 0 Å². The molecule has 1 aromatic rings. The largest absolute Gasteiger partial charge is 0.508 e. The molecular formula is C56H87N7O14. The Morgan fingerprint density at radius 3 is 2.13 bits per heavy atom. The van der Waals surface area contributed by atoms with Crippen LogP contribution in [0.25, 0.3) is 0 Å². The Kier molecular flexibility index (Phi) is 21.0. The van der Waals surface area contributed by atoms with Crippen molar-refractivity contribution in [2.24, 2.45) is 23.7 Å². The molecule has 2 unspecified atom stereocenters. The molecule has 0 radical (unpaired) electrons. The van der Waals surface area contributed by atoms with Gasteiger partial charge in [0.25, 0.3) is 5.91 Å². The summed E-state index contributed by atoms with van der Waals surface area (Å²) < 4.78 is 17.6. The van der Waals surface area contributed by atoms with Crippen LogP contribution in [0.1, 0.15) is 146 Å². The maximum atomic E-state index is 15.0. The molecular weight excluding hydrogens is 995 g/mol. The number of cyclic esters (lactones) is 2. The molecule has 0 saturated carbocycles. The summed E-state index contributed by atoms with van der Waals surface area (Å²) in [6.07, 6.45) is -3.53. The van der Waals surface area contributed by atoms with Crippen LogP contribution in [0.2, 0.25) is 0 Å². The molecule has 1 spiro atoms. The van der Waals surface area contributed by atoms with Gasteiger partial charge in [0.2, 0.25) is 29.5 Å². The number of benzene rings is 1. The Morgan fingerprint density at radius 2 is 1.53 bits per heavy atom. The van der Waals surface area contributed by atoms with Crippen molar-refractivity contribution in [3.63, 3.8) is 0 Å². The zero-order chi connectivity index (χ0) is 57.4. The van der Waals surface area contributed by atoms with Crippen molar-refractivity contribution in [1.82, 2.24) is 35.6 Å². The van der Waals surface area contributed by atoms with E-state index in [1.165, 1.54) is 45.7 Å². The summed E-state index contributed by atoms with van der Waals surface area (Å²) in [5, 5.41) is 30.4. The molecule has 1 aromatic carbocycles. The Hall–Kier alpha value is -5.99. The molecule has 4 aliphatic heterocycles. The number of hydrogen-bond donors (Lipinski definition) is 5. The van der Waals surface area contributed by atoms with Gasteiger partial charge in [0.15, 0.2) is 6.10 Å². The molecule has 4 heterocycles. The van der Waals surface area contributed by atoms with Gasteiger partial charge >= 0.3 is 18.0 Å². The smallest absolute Gasteiger partial charge is 0.411 e. The molecule has 11 atom stereocenters. The Bertz CT molecular complexity index is 2300. The molecule has 4 fully saturated rings. The van der Waals surface area contributed by atoms with E-state index in [0.717, 1.165) is 0 Å². The number of esters is 2. The fourth-order valence-electron chi connectivity index (χ4n) is 11.0. The lowest BCUT2D eigenvalue weighted by atomic mass is 9.92. The number of rotatable bonds is 12. The van der Waals surface area contributed by atoms with E-state index < -0.39 is 137 Å². The average molecular weight is 1080 g/mol. The van der Waals surface area contributed by atoms with E-state index in [2.05, 4.69) is 16.0 Å². The number of carbonyl (C=O) groups is 9. The molecule has 0 aliphatic carbocycles. The molecule has 77 heavy (non-hydrogen) atoms. The number of nitrogens with zero attached hydrogens (tertiary/aromatic N) is 4. The maximum absolute atomic E-state index is 15.0. The molecule has 5 N–H and O–H groups in total. The predicted octanol–water partition coefficient (Wildman–Crippen LogP) is 3.98. The second kappa shape index (κ2) is 26.1. The second-order valence-corrected chi connectivity index (χ2v) is 23.9. The Morgan fingerprint density at radius 1 is 0.870 bits per heavy atom. The van der Waals surface area contributed by atoms with Crippen molar-refractivity contribution in [3.8, 4) is 5.75 Å². The third kappa shape index (κ3) is 15.2. The fourth-order valence-corrected chi connectivity index (χ4v) is 11.0. The number of hydrogen-bond acceptors (Lipinski definition) is 14. The maximum Gasteiger partial charge on any atom is 0.411 e. The van der Waals surface area contributed by atoms with Crippen molar-refractivity contribution >= 4 is 53.5 Å². The molecule has 5 rings (SSSR count). The minimum absolute atomic E-state index is 0.0457. The lowest BCUT2D eigenvalue weighted by Gasteiger charge is -2.37. The summed E-state index contributed by atoms with van der Waals surface area (Å²) in [7, 11) is 1.40. The number of phenols is 1. The second-order valence-electron chi connectivity index (χ2n) is 23.9. The van der Waals surface area contributed by atoms with Crippen molar-refractivity contribution in [3.05, 3.63) is 29.8 Å². The van der Waals surface area contributed by atoms with Gasteiger partial charge in [-0.2, -0.15) is 0 Å². The predicted molar refractivity (Wildman–Crippen MR) is 283 cm³/mol. The third-order valence-corrected chi connectivity index (χ3v) is 15.3. The minimum atomic E-state index is -1.72. The quantitative estimate of drug-likeness (QED) is 0.146. The number of fused-ring (bicyclic) bond motifs is 1. The number of carbonyl (C=O) groups excluding carboxylic acids is 9. The topological polar surface area (TPSA) is 271 Å². The summed E-state index contributed by atoms with van der Waals surface area (Å²) in [6, 6.07) is -1.69. The van der Waals surface area contributed by atoms with Crippen LogP contribution in [0.3, 0.4) is 0 Å². The molecule has 0 aromatic heterocycles. The van der Waals surface area contributed by atoms with Gasteiger partial charge in [0, 0.05) is 33.1 Å². The van der Waals surface area contributed by atoms with Gasteiger partial charge in [-0.3, -0.25) is 38.5 Å². The van der Waals surface area contributed by atoms with Crippen LogP contribution in [-0.2, 0) is 59.0 Å². The van der Waals surface area contributed by atoms with E-state index in [1.54, 1.807) is 60.6 Å². The third-order valence-electron chi connectivity index (χ3n) is 15.3. The first kappa shape index (κ1) is 61.9. The normalized spacial score (nSPS) is 28.6. The minimum Gasteiger partial charge on any atom is -0.508 e. The summed E-state index contributed by atoms with van der Waals surface area (Å²) in [4.78, 5) is 136. The van der Waals surface area contributed by atoms with Gasteiger partial charge in [-0.1, -0.05) is 73.9 Å². The van der Waals surface area contributed by atoms with Crippen LogP contribution in [0.5, 0.6) is 5.75 Å². The highest BCUT2D eigenvalue weighted by molar-refractivity contribution is 5.98. The number of aliphatic hydroxyl groups is 1. The van der Waals surface area contributed by atoms with Crippen LogP contribution in [0.15, 0.2) is 24.3 Å². The number of aromatic hydroxyl groups is 1. The van der Waals surface area contributed by atoms with Crippen LogP contribution in [-0.4, -0.2) is 176 Å². The Labute approximate surface area is 454 Å². The highest BCUT2D eigenvalue weighted by Gasteiger charge is 2.58. The van der Waals surface area contributed by atoms with Crippen molar-refractivity contribution < 1.29 is 67.6 Å². The number of aliphatic hydroxyl groups excluding tert-OH is 1. The molecule has 21 nitrogen and oxygen atoms in total. The first-order valence-corrected chi connectivity index (χ1v) is 27.7. The zero-order valence-electron chi connectivity index (χ0n) is 47.6. The van der Waals surface area contributed by atoms with Crippen LogP contribution < -0.4 is 16.0 Å². The molecule has 0 bridgehead atoms. The summed E-state index contributed by atoms with van der Waals surface area (Å²) in [6.45, 7) is 21.5. The van der Waals surface area contributed by atoms with Gasteiger partial charge in [0.1, 0.15) is 53.2 Å². The first-order chi connectivity index (χ1) is 36.0.